The van der Waals surface area contributed by atoms with Crippen molar-refractivity contribution >= 4 is 54.3 Å². The lowest BCUT2D eigenvalue weighted by molar-refractivity contribution is 1.18. The normalized spacial score (nSPS) is 11.6. The third kappa shape index (κ3) is 5.15. The summed E-state index contributed by atoms with van der Waals surface area (Å²) in [6.45, 7) is 0. The molecule has 0 spiro atoms. The number of aromatic nitrogens is 2. The van der Waals surface area contributed by atoms with E-state index < -0.39 is 0 Å². The van der Waals surface area contributed by atoms with Crippen LogP contribution in [0.5, 0.6) is 0 Å². The molecular formula is C53H34N2. The molecule has 0 fully saturated rings. The van der Waals surface area contributed by atoms with Gasteiger partial charge < -0.3 is 4.57 Å². The molecule has 0 radical (unpaired) electrons. The maximum absolute atomic E-state index is 5.19. The van der Waals surface area contributed by atoms with Crippen LogP contribution in [-0.2, 0) is 0 Å². The standard InChI is InChI=1S/C53H34N2/c1-2-15-36(16-3-1)50-34-48(53-43-21-5-4-14-35(43)28-31-49(53)54-50)38-18-12-17-37(32-38)41-29-30-42(45-23-7-6-22-44(41)45)39-19-13-20-40(33-39)55-51-26-10-8-24-46(51)47-25-9-11-27-52(47)55/h1-34H. The van der Waals surface area contributed by atoms with Gasteiger partial charge >= 0.3 is 0 Å². The number of hydrogen-bond acceptors (Lipinski definition) is 1. The monoisotopic (exact) mass is 698 g/mol. The molecule has 2 nitrogen and oxygen atoms in total. The first-order valence-electron chi connectivity index (χ1n) is 18.9. The van der Waals surface area contributed by atoms with Gasteiger partial charge in [0.15, 0.2) is 0 Å². The maximum Gasteiger partial charge on any atom is 0.0722 e. The van der Waals surface area contributed by atoms with E-state index in [-0.39, 0.29) is 0 Å². The Labute approximate surface area is 319 Å². The second-order valence-corrected chi connectivity index (χ2v) is 14.3. The summed E-state index contributed by atoms with van der Waals surface area (Å²) in [5.41, 5.74) is 13.8. The van der Waals surface area contributed by atoms with Crippen LogP contribution in [0.15, 0.2) is 206 Å². The van der Waals surface area contributed by atoms with Crippen LogP contribution >= 0.6 is 0 Å². The number of rotatable bonds is 5. The molecule has 9 aromatic carbocycles. The third-order valence-corrected chi connectivity index (χ3v) is 11.2. The molecule has 2 aromatic heterocycles. The van der Waals surface area contributed by atoms with E-state index in [0.29, 0.717) is 0 Å². The molecule has 256 valence electrons. The topological polar surface area (TPSA) is 17.8 Å². The molecule has 0 amide bonds. The molecule has 11 rings (SSSR count). The van der Waals surface area contributed by atoms with Gasteiger partial charge in [-0.3, -0.25) is 0 Å². The van der Waals surface area contributed by atoms with Crippen molar-refractivity contribution in [3.63, 3.8) is 0 Å². The molecule has 0 N–H and O–H groups in total. The summed E-state index contributed by atoms with van der Waals surface area (Å²) in [5, 5.41) is 8.61. The fraction of sp³-hybridized carbons (Fsp3) is 0. The Kier molecular flexibility index (Phi) is 7.21. The van der Waals surface area contributed by atoms with Gasteiger partial charge in [-0.25, -0.2) is 4.98 Å². The van der Waals surface area contributed by atoms with Gasteiger partial charge in [-0.1, -0.05) is 164 Å². The summed E-state index contributed by atoms with van der Waals surface area (Å²) in [6, 6.07) is 74.6. The molecule has 0 bridgehead atoms. The summed E-state index contributed by atoms with van der Waals surface area (Å²) < 4.78 is 2.39. The minimum absolute atomic E-state index is 0.974. The Morgan fingerprint density at radius 1 is 0.327 bits per heavy atom. The summed E-state index contributed by atoms with van der Waals surface area (Å²) >= 11 is 0. The van der Waals surface area contributed by atoms with E-state index in [9.17, 15) is 0 Å². The highest BCUT2D eigenvalue weighted by molar-refractivity contribution is 6.14. The lowest BCUT2D eigenvalue weighted by Gasteiger charge is -2.16. The third-order valence-electron chi connectivity index (χ3n) is 11.2. The predicted molar refractivity (Wildman–Crippen MR) is 233 cm³/mol. The average molecular weight is 699 g/mol. The van der Waals surface area contributed by atoms with Crippen molar-refractivity contribution in [1.82, 2.24) is 9.55 Å². The largest absolute Gasteiger partial charge is 0.309 e. The van der Waals surface area contributed by atoms with Gasteiger partial charge in [0, 0.05) is 27.4 Å². The molecule has 11 aromatic rings. The second-order valence-electron chi connectivity index (χ2n) is 14.3. The molecule has 0 saturated heterocycles. The van der Waals surface area contributed by atoms with Gasteiger partial charge in [-0.2, -0.15) is 0 Å². The van der Waals surface area contributed by atoms with Crippen LogP contribution in [-0.4, -0.2) is 9.55 Å². The Balaban J connectivity index is 1.07. The molecule has 0 aliphatic heterocycles. The highest BCUT2D eigenvalue weighted by Gasteiger charge is 2.16. The summed E-state index contributed by atoms with van der Waals surface area (Å²) in [6.07, 6.45) is 0. The van der Waals surface area contributed by atoms with Crippen molar-refractivity contribution in [2.24, 2.45) is 0 Å². The number of pyridine rings is 1. The first-order valence-corrected chi connectivity index (χ1v) is 18.9. The van der Waals surface area contributed by atoms with Crippen molar-refractivity contribution in [3.8, 4) is 50.3 Å². The molecule has 0 saturated carbocycles. The Bertz CT molecular complexity index is 3210. The molecule has 55 heavy (non-hydrogen) atoms. The number of benzene rings is 9. The minimum atomic E-state index is 0.974. The minimum Gasteiger partial charge on any atom is -0.309 e. The predicted octanol–water partition coefficient (Wildman–Crippen LogP) is 14.3. The molecular weight excluding hydrogens is 665 g/mol. The quantitative estimate of drug-likeness (QED) is 0.164. The lowest BCUT2D eigenvalue weighted by Crippen LogP contribution is -1.94. The highest BCUT2D eigenvalue weighted by Crippen LogP contribution is 2.41. The highest BCUT2D eigenvalue weighted by atomic mass is 15.0. The number of nitrogens with zero attached hydrogens (tertiary/aromatic N) is 2. The van der Waals surface area contributed by atoms with Crippen molar-refractivity contribution in [2.75, 3.05) is 0 Å². The van der Waals surface area contributed by atoms with Crippen LogP contribution in [0, 0.1) is 0 Å². The smallest absolute Gasteiger partial charge is 0.0722 e. The van der Waals surface area contributed by atoms with Crippen LogP contribution < -0.4 is 0 Å². The fourth-order valence-electron chi connectivity index (χ4n) is 8.66. The van der Waals surface area contributed by atoms with E-state index >= 15 is 0 Å². The first-order chi connectivity index (χ1) is 27.3. The van der Waals surface area contributed by atoms with Crippen LogP contribution in [0.1, 0.15) is 0 Å². The molecule has 2 heteroatoms. The Hall–Kier alpha value is -7.29. The second kappa shape index (κ2) is 12.7. The summed E-state index contributed by atoms with van der Waals surface area (Å²) in [4.78, 5) is 5.19. The molecule has 0 aliphatic rings. The number of para-hydroxylation sites is 2. The van der Waals surface area contributed by atoms with Crippen molar-refractivity contribution in [1.29, 1.82) is 0 Å². The number of fused-ring (bicyclic) bond motifs is 7. The van der Waals surface area contributed by atoms with E-state index in [1.807, 2.05) is 0 Å². The van der Waals surface area contributed by atoms with E-state index in [4.69, 9.17) is 4.98 Å². The van der Waals surface area contributed by atoms with E-state index in [1.165, 1.54) is 82.1 Å². The van der Waals surface area contributed by atoms with Crippen molar-refractivity contribution in [2.45, 2.75) is 0 Å². The van der Waals surface area contributed by atoms with Crippen LogP contribution in [0.25, 0.3) is 105 Å². The zero-order chi connectivity index (χ0) is 36.3. The van der Waals surface area contributed by atoms with Crippen LogP contribution in [0.4, 0.5) is 0 Å². The van der Waals surface area contributed by atoms with Crippen LogP contribution in [0.3, 0.4) is 0 Å². The number of hydrogen-bond donors (Lipinski definition) is 0. The van der Waals surface area contributed by atoms with Gasteiger partial charge in [0.05, 0.1) is 22.2 Å². The molecule has 2 heterocycles. The molecule has 0 atom stereocenters. The van der Waals surface area contributed by atoms with Crippen molar-refractivity contribution in [3.05, 3.63) is 206 Å². The van der Waals surface area contributed by atoms with E-state index in [0.717, 1.165) is 22.5 Å². The van der Waals surface area contributed by atoms with Gasteiger partial charge in [-0.05, 0) is 97.4 Å². The van der Waals surface area contributed by atoms with Gasteiger partial charge in [-0.15, -0.1) is 0 Å². The van der Waals surface area contributed by atoms with E-state index in [1.54, 1.807) is 0 Å². The van der Waals surface area contributed by atoms with Gasteiger partial charge in [0.2, 0.25) is 0 Å². The van der Waals surface area contributed by atoms with E-state index in [2.05, 4.69) is 211 Å². The summed E-state index contributed by atoms with van der Waals surface area (Å²) in [5.74, 6) is 0. The fourth-order valence-corrected chi connectivity index (χ4v) is 8.66. The van der Waals surface area contributed by atoms with Crippen LogP contribution in [0.2, 0.25) is 0 Å². The first kappa shape index (κ1) is 31.3. The van der Waals surface area contributed by atoms with Crippen molar-refractivity contribution < 1.29 is 0 Å². The lowest BCUT2D eigenvalue weighted by atomic mass is 9.89. The molecule has 0 unspecified atom stereocenters. The zero-order valence-electron chi connectivity index (χ0n) is 30.0. The van der Waals surface area contributed by atoms with Gasteiger partial charge in [0.1, 0.15) is 0 Å². The Morgan fingerprint density at radius 3 is 1.55 bits per heavy atom. The van der Waals surface area contributed by atoms with Gasteiger partial charge in [0.25, 0.3) is 0 Å². The summed E-state index contributed by atoms with van der Waals surface area (Å²) in [7, 11) is 0. The molecule has 0 aliphatic carbocycles. The Morgan fingerprint density at radius 2 is 0.855 bits per heavy atom. The maximum atomic E-state index is 5.19. The zero-order valence-corrected chi connectivity index (χ0v) is 30.0. The average Bonchev–Trinajstić information content (AvgIpc) is 3.60. The SMILES string of the molecule is c1ccc(-c2cc(-c3cccc(-c4ccc(-c5cccc(-n6c7ccccc7c7ccccc76)c5)c5ccccc45)c3)c3c(ccc4ccccc43)n2)cc1.